The fraction of sp³-hybridized carbons (Fsp3) is 0.0769. The second kappa shape index (κ2) is 6.04. The van der Waals surface area contributed by atoms with Gasteiger partial charge < -0.3 is 9.84 Å². The third kappa shape index (κ3) is 3.02. The van der Waals surface area contributed by atoms with Gasteiger partial charge in [0, 0.05) is 6.20 Å². The van der Waals surface area contributed by atoms with Gasteiger partial charge in [-0.25, -0.2) is 9.37 Å². The highest BCUT2D eigenvalue weighted by atomic mass is 35.5. The summed E-state index contributed by atoms with van der Waals surface area (Å²) < 4.78 is 18.9. The molecular weight excluding hydrogens is 313 g/mol. The van der Waals surface area contributed by atoms with Gasteiger partial charge >= 0.3 is 0 Å². The second-order valence-corrected chi connectivity index (χ2v) is 4.63. The molecule has 112 valence electrons. The number of hydrogen-bond donors (Lipinski definition) is 1. The van der Waals surface area contributed by atoms with E-state index < -0.39 is 5.82 Å². The Morgan fingerprint density at radius 3 is 2.68 bits per heavy atom. The first kappa shape index (κ1) is 14.4. The van der Waals surface area contributed by atoms with Gasteiger partial charge in [-0.1, -0.05) is 11.6 Å². The van der Waals surface area contributed by atoms with Crippen LogP contribution in [0.5, 0.6) is 11.6 Å². The minimum absolute atomic E-state index is 0.168. The molecule has 2 heterocycles. The van der Waals surface area contributed by atoms with Gasteiger partial charge in [0.2, 0.25) is 5.82 Å². The lowest BCUT2D eigenvalue weighted by atomic mass is 10.3. The third-order valence-electron chi connectivity index (χ3n) is 2.65. The van der Waals surface area contributed by atoms with Crippen molar-refractivity contribution in [1.82, 2.24) is 25.2 Å². The highest BCUT2D eigenvalue weighted by Gasteiger charge is 2.08. The monoisotopic (exact) mass is 321 g/mol. The van der Waals surface area contributed by atoms with Gasteiger partial charge in [-0.3, -0.25) is 0 Å². The van der Waals surface area contributed by atoms with E-state index in [0.717, 1.165) is 6.07 Å². The van der Waals surface area contributed by atoms with E-state index >= 15 is 0 Å². The molecule has 0 atom stereocenters. The Hall–Kier alpha value is -2.58. The maximum atomic E-state index is 13.6. The average molecular weight is 322 g/mol. The van der Waals surface area contributed by atoms with Gasteiger partial charge in [0.15, 0.2) is 5.82 Å². The minimum Gasteiger partial charge on any atom is -0.436 e. The van der Waals surface area contributed by atoms with Gasteiger partial charge in [0.05, 0.1) is 10.7 Å². The summed E-state index contributed by atoms with van der Waals surface area (Å²) in [5, 5.41) is 20.5. The number of aliphatic hydroxyl groups is 1. The topological polar surface area (TPSA) is 86.0 Å². The first-order valence-electron chi connectivity index (χ1n) is 6.15. The molecule has 2 aromatic heterocycles. The zero-order valence-electron chi connectivity index (χ0n) is 11.0. The van der Waals surface area contributed by atoms with Crippen LogP contribution >= 0.6 is 11.6 Å². The molecule has 0 spiro atoms. The number of rotatable bonds is 4. The summed E-state index contributed by atoms with van der Waals surface area (Å²) in [5.74, 6) is -0.214. The lowest BCUT2D eigenvalue weighted by molar-refractivity contribution is 0.271. The molecule has 0 amide bonds. The molecule has 0 aliphatic heterocycles. The van der Waals surface area contributed by atoms with Gasteiger partial charge in [-0.2, -0.15) is 0 Å². The summed E-state index contributed by atoms with van der Waals surface area (Å²) in [6.45, 7) is -0.289. The number of nitrogens with zero attached hydrogens (tertiary/aromatic N) is 5. The Morgan fingerprint density at radius 2 is 2.05 bits per heavy atom. The van der Waals surface area contributed by atoms with Crippen LogP contribution in [-0.2, 0) is 6.61 Å². The highest BCUT2D eigenvalue weighted by Crippen LogP contribution is 2.24. The predicted octanol–water partition coefficient (Wildman–Crippen LogP) is 2.13. The molecule has 22 heavy (non-hydrogen) atoms. The van der Waals surface area contributed by atoms with Crippen molar-refractivity contribution in [2.24, 2.45) is 0 Å². The minimum atomic E-state index is -0.651. The van der Waals surface area contributed by atoms with Crippen LogP contribution in [-0.4, -0.2) is 30.3 Å². The maximum Gasteiger partial charge on any atom is 0.255 e. The number of hydrogen-bond acceptors (Lipinski definition) is 6. The normalized spacial score (nSPS) is 10.7. The van der Waals surface area contributed by atoms with Crippen LogP contribution in [0.2, 0.25) is 5.02 Å². The molecule has 1 aromatic carbocycles. The Balaban J connectivity index is 1.79. The Labute approximate surface area is 128 Å². The fourth-order valence-electron chi connectivity index (χ4n) is 1.65. The van der Waals surface area contributed by atoms with E-state index in [9.17, 15) is 4.39 Å². The van der Waals surface area contributed by atoms with Crippen molar-refractivity contribution in [2.75, 3.05) is 0 Å². The first-order chi connectivity index (χ1) is 10.7. The van der Waals surface area contributed by atoms with E-state index in [1.807, 2.05) is 0 Å². The molecule has 3 aromatic rings. The lowest BCUT2D eigenvalue weighted by Gasteiger charge is -2.06. The van der Waals surface area contributed by atoms with Crippen LogP contribution in [0.3, 0.4) is 0 Å². The van der Waals surface area contributed by atoms with Gasteiger partial charge in [-0.15, -0.1) is 15.0 Å². The summed E-state index contributed by atoms with van der Waals surface area (Å²) in [4.78, 5) is 5.03. The van der Waals surface area contributed by atoms with E-state index in [0.29, 0.717) is 11.4 Å². The molecule has 1 N–H and O–H groups in total. The molecule has 7 nitrogen and oxygen atoms in total. The van der Waals surface area contributed by atoms with Crippen LogP contribution in [0.15, 0.2) is 36.5 Å². The van der Waals surface area contributed by atoms with Crippen molar-refractivity contribution in [1.29, 1.82) is 0 Å². The number of halogens is 2. The van der Waals surface area contributed by atoms with Crippen LogP contribution in [0.1, 0.15) is 5.82 Å². The number of tetrazole rings is 1. The van der Waals surface area contributed by atoms with E-state index in [1.165, 1.54) is 11.0 Å². The number of ether oxygens (including phenoxy) is 1. The number of benzene rings is 1. The zero-order valence-corrected chi connectivity index (χ0v) is 11.8. The van der Waals surface area contributed by atoms with Crippen molar-refractivity contribution in [2.45, 2.75) is 6.61 Å². The molecule has 0 unspecified atom stereocenters. The van der Waals surface area contributed by atoms with Crippen molar-refractivity contribution in [3.05, 3.63) is 53.2 Å². The SMILES string of the molecule is OCc1nnn(-c2ccc(Oc3ncc(Cl)cc3F)cc2)n1. The highest BCUT2D eigenvalue weighted by molar-refractivity contribution is 6.30. The molecule has 0 fully saturated rings. The van der Waals surface area contributed by atoms with Crippen LogP contribution in [0.4, 0.5) is 4.39 Å². The quantitative estimate of drug-likeness (QED) is 0.792. The van der Waals surface area contributed by atoms with Crippen molar-refractivity contribution in [3.8, 4) is 17.3 Å². The molecule has 0 aliphatic carbocycles. The van der Waals surface area contributed by atoms with E-state index in [1.54, 1.807) is 24.3 Å². The standard InChI is InChI=1S/C13H9ClFN5O2/c14-8-5-11(15)13(16-6-8)22-10-3-1-9(2-4-10)20-18-12(7-21)17-19-20/h1-6,21H,7H2. The molecule has 9 heteroatoms. The molecule has 0 bridgehead atoms. The number of aliphatic hydroxyl groups excluding tert-OH is 1. The fourth-order valence-corrected chi connectivity index (χ4v) is 1.80. The van der Waals surface area contributed by atoms with E-state index in [-0.39, 0.29) is 23.3 Å². The largest absolute Gasteiger partial charge is 0.436 e. The molecule has 0 saturated heterocycles. The maximum absolute atomic E-state index is 13.6. The van der Waals surface area contributed by atoms with E-state index in [2.05, 4.69) is 20.4 Å². The number of pyridine rings is 1. The Kier molecular flexibility index (Phi) is 3.94. The number of aromatic nitrogens is 5. The summed E-state index contributed by atoms with van der Waals surface area (Å²) in [6.07, 6.45) is 1.30. The van der Waals surface area contributed by atoms with Crippen LogP contribution in [0.25, 0.3) is 5.69 Å². The smallest absolute Gasteiger partial charge is 0.255 e. The Bertz CT molecular complexity index is 793. The molecule has 0 aliphatic rings. The molecule has 0 radical (unpaired) electrons. The van der Waals surface area contributed by atoms with Crippen molar-refractivity contribution >= 4 is 11.6 Å². The third-order valence-corrected chi connectivity index (χ3v) is 2.86. The Morgan fingerprint density at radius 1 is 1.27 bits per heavy atom. The molecule has 0 saturated carbocycles. The predicted molar refractivity (Wildman–Crippen MR) is 74.4 cm³/mol. The lowest BCUT2D eigenvalue weighted by Crippen LogP contribution is -1.99. The summed E-state index contributed by atoms with van der Waals surface area (Å²) in [7, 11) is 0. The van der Waals surface area contributed by atoms with Gasteiger partial charge in [-0.05, 0) is 35.5 Å². The average Bonchev–Trinajstić information content (AvgIpc) is 3.00. The molecule has 3 rings (SSSR count). The molecular formula is C13H9ClFN5O2. The zero-order chi connectivity index (χ0) is 15.5. The summed E-state index contributed by atoms with van der Waals surface area (Å²) >= 11 is 5.62. The van der Waals surface area contributed by atoms with Crippen molar-refractivity contribution in [3.63, 3.8) is 0 Å². The van der Waals surface area contributed by atoms with Crippen molar-refractivity contribution < 1.29 is 14.2 Å². The van der Waals surface area contributed by atoms with Gasteiger partial charge in [0.1, 0.15) is 12.4 Å². The first-order valence-corrected chi connectivity index (χ1v) is 6.52. The van der Waals surface area contributed by atoms with E-state index in [4.69, 9.17) is 21.4 Å². The van der Waals surface area contributed by atoms with Crippen LogP contribution in [0, 0.1) is 5.82 Å². The second-order valence-electron chi connectivity index (χ2n) is 4.19. The summed E-state index contributed by atoms with van der Waals surface area (Å²) in [6, 6.07) is 7.64. The van der Waals surface area contributed by atoms with Crippen LogP contribution < -0.4 is 4.74 Å². The summed E-state index contributed by atoms with van der Waals surface area (Å²) in [5.41, 5.74) is 0.615. The van der Waals surface area contributed by atoms with Gasteiger partial charge in [0.25, 0.3) is 5.88 Å².